The van der Waals surface area contributed by atoms with Gasteiger partial charge in [-0.05, 0) is 31.9 Å². The number of thiazole rings is 1. The van der Waals surface area contributed by atoms with Crippen molar-refractivity contribution in [2.75, 3.05) is 18.4 Å². The summed E-state index contributed by atoms with van der Waals surface area (Å²) in [6.07, 6.45) is 5.85. The molecular formula is C19H22N6O3S2. The number of imidazole rings is 1. The number of amides is 1. The van der Waals surface area contributed by atoms with Crippen LogP contribution in [0.15, 0.2) is 41.1 Å². The quantitative estimate of drug-likeness (QED) is 0.644. The van der Waals surface area contributed by atoms with Crippen molar-refractivity contribution in [3.8, 4) is 11.3 Å². The van der Waals surface area contributed by atoms with E-state index in [0.29, 0.717) is 23.8 Å². The van der Waals surface area contributed by atoms with Crippen LogP contribution in [0.5, 0.6) is 0 Å². The van der Waals surface area contributed by atoms with Crippen LogP contribution in [0.1, 0.15) is 18.7 Å². The average Bonchev–Trinajstić information content (AvgIpc) is 3.35. The van der Waals surface area contributed by atoms with Gasteiger partial charge in [0.2, 0.25) is 5.91 Å². The second-order valence-electron chi connectivity index (χ2n) is 7.18. The van der Waals surface area contributed by atoms with E-state index in [0.717, 1.165) is 11.3 Å². The van der Waals surface area contributed by atoms with Crippen molar-refractivity contribution >= 4 is 32.4 Å². The van der Waals surface area contributed by atoms with Gasteiger partial charge in [-0.1, -0.05) is 0 Å². The topological polar surface area (TPSA) is 110 Å². The standard InChI is InChI=1S/C19H22N6O3S2/c1-13-21-17(11-24(13)2)30(27,28)25-8-5-14(6-9-25)18(26)23-19-22-16(12-29-19)15-4-3-7-20-10-15/h3-4,7,10-12,14H,5-6,8-9H2,1-2H3,(H,22,23,26). The number of rotatable bonds is 5. The third-order valence-corrected chi connectivity index (χ3v) is 7.74. The van der Waals surface area contributed by atoms with E-state index in [1.54, 1.807) is 30.9 Å². The highest BCUT2D eigenvalue weighted by Crippen LogP contribution is 2.27. The van der Waals surface area contributed by atoms with Gasteiger partial charge in [-0.3, -0.25) is 9.78 Å². The second-order valence-corrected chi connectivity index (χ2v) is 9.93. The Kier molecular flexibility index (Phi) is 5.67. The number of aryl methyl sites for hydroxylation is 2. The number of aromatic nitrogens is 4. The summed E-state index contributed by atoms with van der Waals surface area (Å²) in [5, 5.41) is 5.31. The molecule has 3 aromatic heterocycles. The van der Waals surface area contributed by atoms with Gasteiger partial charge in [0.25, 0.3) is 10.0 Å². The minimum Gasteiger partial charge on any atom is -0.337 e. The predicted octanol–water partition coefficient (Wildman–Crippen LogP) is 2.29. The fourth-order valence-electron chi connectivity index (χ4n) is 3.33. The van der Waals surface area contributed by atoms with Gasteiger partial charge in [0.05, 0.1) is 5.69 Å². The van der Waals surface area contributed by atoms with Crippen LogP contribution in [-0.2, 0) is 21.9 Å². The van der Waals surface area contributed by atoms with E-state index < -0.39 is 10.0 Å². The normalized spacial score (nSPS) is 15.9. The van der Waals surface area contributed by atoms with Crippen molar-refractivity contribution in [1.82, 2.24) is 23.8 Å². The summed E-state index contributed by atoms with van der Waals surface area (Å²) in [5.41, 5.74) is 1.65. The summed E-state index contributed by atoms with van der Waals surface area (Å²) in [6.45, 7) is 2.33. The number of hydrogen-bond donors (Lipinski definition) is 1. The van der Waals surface area contributed by atoms with Crippen molar-refractivity contribution < 1.29 is 13.2 Å². The van der Waals surface area contributed by atoms with E-state index >= 15 is 0 Å². The first-order chi connectivity index (χ1) is 14.3. The molecule has 1 N–H and O–H groups in total. The zero-order valence-corrected chi connectivity index (χ0v) is 18.3. The first kappa shape index (κ1) is 20.6. The van der Waals surface area contributed by atoms with Gasteiger partial charge in [-0.15, -0.1) is 11.3 Å². The Hall–Kier alpha value is -2.63. The molecule has 11 heteroatoms. The number of anilines is 1. The van der Waals surface area contributed by atoms with Crippen LogP contribution in [0.4, 0.5) is 5.13 Å². The Labute approximate surface area is 178 Å². The smallest absolute Gasteiger partial charge is 0.262 e. The maximum Gasteiger partial charge on any atom is 0.262 e. The molecule has 0 aliphatic carbocycles. The highest BCUT2D eigenvalue weighted by molar-refractivity contribution is 7.89. The number of nitrogens with one attached hydrogen (secondary N) is 1. The number of hydrogen-bond acceptors (Lipinski definition) is 7. The van der Waals surface area contributed by atoms with Gasteiger partial charge in [-0.25, -0.2) is 18.4 Å². The molecule has 0 atom stereocenters. The van der Waals surface area contributed by atoms with Gasteiger partial charge in [-0.2, -0.15) is 4.31 Å². The van der Waals surface area contributed by atoms with Crippen molar-refractivity contribution in [2.24, 2.45) is 13.0 Å². The highest BCUT2D eigenvalue weighted by atomic mass is 32.2. The third kappa shape index (κ3) is 4.13. The SMILES string of the molecule is Cc1nc(S(=O)(=O)N2CCC(C(=O)Nc3nc(-c4cccnc4)cs3)CC2)cn1C. The Morgan fingerprint density at radius 2 is 2.03 bits per heavy atom. The summed E-state index contributed by atoms with van der Waals surface area (Å²) in [4.78, 5) is 25.3. The molecule has 1 aliphatic rings. The Morgan fingerprint density at radius 1 is 1.27 bits per heavy atom. The Morgan fingerprint density at radius 3 is 2.67 bits per heavy atom. The molecule has 158 valence electrons. The molecule has 1 aliphatic heterocycles. The van der Waals surface area contributed by atoms with Crippen molar-refractivity contribution in [3.05, 3.63) is 41.9 Å². The molecule has 1 fully saturated rings. The molecular weight excluding hydrogens is 424 g/mol. The van der Waals surface area contributed by atoms with Gasteiger partial charge in [0.1, 0.15) is 5.82 Å². The van der Waals surface area contributed by atoms with Crippen LogP contribution in [0.3, 0.4) is 0 Å². The number of sulfonamides is 1. The largest absolute Gasteiger partial charge is 0.337 e. The van der Waals surface area contributed by atoms with Crippen LogP contribution in [0, 0.1) is 12.8 Å². The minimum absolute atomic E-state index is 0.0520. The highest BCUT2D eigenvalue weighted by Gasteiger charge is 2.33. The van der Waals surface area contributed by atoms with Gasteiger partial charge >= 0.3 is 0 Å². The van der Waals surface area contributed by atoms with E-state index in [9.17, 15) is 13.2 Å². The monoisotopic (exact) mass is 446 g/mol. The lowest BCUT2D eigenvalue weighted by Gasteiger charge is -2.29. The van der Waals surface area contributed by atoms with E-state index in [-0.39, 0.29) is 29.9 Å². The maximum atomic E-state index is 12.8. The number of pyridine rings is 1. The van der Waals surface area contributed by atoms with Gasteiger partial charge in [0, 0.05) is 55.6 Å². The number of nitrogens with zero attached hydrogens (tertiary/aromatic N) is 5. The molecule has 0 bridgehead atoms. The lowest BCUT2D eigenvalue weighted by atomic mass is 9.97. The lowest BCUT2D eigenvalue weighted by Crippen LogP contribution is -2.41. The summed E-state index contributed by atoms with van der Waals surface area (Å²) >= 11 is 1.35. The summed E-state index contributed by atoms with van der Waals surface area (Å²) in [7, 11) is -1.89. The molecule has 30 heavy (non-hydrogen) atoms. The molecule has 0 unspecified atom stereocenters. The number of piperidine rings is 1. The fourth-order valence-corrected chi connectivity index (χ4v) is 5.54. The first-order valence-corrected chi connectivity index (χ1v) is 11.8. The molecule has 0 aromatic carbocycles. The molecule has 4 rings (SSSR count). The molecule has 0 saturated carbocycles. The molecule has 1 amide bonds. The maximum absolute atomic E-state index is 12.8. The number of carbonyl (C=O) groups is 1. The predicted molar refractivity (Wildman–Crippen MR) is 113 cm³/mol. The molecule has 1 saturated heterocycles. The van der Waals surface area contributed by atoms with Crippen LogP contribution >= 0.6 is 11.3 Å². The number of carbonyl (C=O) groups excluding carboxylic acids is 1. The fraction of sp³-hybridized carbons (Fsp3) is 0.368. The molecule has 0 spiro atoms. The molecule has 3 aromatic rings. The first-order valence-electron chi connectivity index (χ1n) is 9.51. The van der Waals surface area contributed by atoms with Gasteiger partial charge < -0.3 is 9.88 Å². The van der Waals surface area contributed by atoms with E-state index in [1.165, 1.54) is 21.8 Å². The Bertz CT molecular complexity index is 1130. The van der Waals surface area contributed by atoms with Crippen molar-refractivity contribution in [1.29, 1.82) is 0 Å². The zero-order valence-electron chi connectivity index (χ0n) is 16.6. The molecule has 9 nitrogen and oxygen atoms in total. The van der Waals surface area contributed by atoms with Crippen molar-refractivity contribution in [3.63, 3.8) is 0 Å². The van der Waals surface area contributed by atoms with Crippen LogP contribution in [0.2, 0.25) is 0 Å². The van der Waals surface area contributed by atoms with Gasteiger partial charge in [0.15, 0.2) is 10.2 Å². The third-order valence-electron chi connectivity index (χ3n) is 5.21. The molecule has 4 heterocycles. The average molecular weight is 447 g/mol. The molecule has 0 radical (unpaired) electrons. The van der Waals surface area contributed by atoms with E-state index in [4.69, 9.17) is 0 Å². The Balaban J connectivity index is 1.36. The van der Waals surface area contributed by atoms with E-state index in [1.807, 2.05) is 17.5 Å². The van der Waals surface area contributed by atoms with Crippen LogP contribution < -0.4 is 5.32 Å². The summed E-state index contributed by atoms with van der Waals surface area (Å²) in [5.74, 6) is 0.248. The second kappa shape index (κ2) is 8.25. The minimum atomic E-state index is -3.65. The summed E-state index contributed by atoms with van der Waals surface area (Å²) < 4.78 is 28.7. The van der Waals surface area contributed by atoms with Crippen molar-refractivity contribution in [2.45, 2.75) is 24.8 Å². The van der Waals surface area contributed by atoms with E-state index in [2.05, 4.69) is 20.3 Å². The van der Waals surface area contributed by atoms with Crippen LogP contribution in [0.25, 0.3) is 11.3 Å². The van der Waals surface area contributed by atoms with Crippen LogP contribution in [-0.4, -0.2) is 51.2 Å². The summed E-state index contributed by atoms with van der Waals surface area (Å²) in [6, 6.07) is 3.74. The lowest BCUT2D eigenvalue weighted by molar-refractivity contribution is -0.120. The zero-order chi connectivity index (χ0) is 21.3.